The lowest BCUT2D eigenvalue weighted by atomic mass is 10.2. The van der Waals surface area contributed by atoms with Crippen LogP contribution in [0.2, 0.25) is 0 Å². The Kier molecular flexibility index (Phi) is 6.81. The van der Waals surface area contributed by atoms with Crippen LogP contribution in [0.25, 0.3) is 0 Å². The third-order valence-corrected chi connectivity index (χ3v) is 4.48. The Morgan fingerprint density at radius 3 is 2.33 bits per heavy atom. The molecule has 2 rings (SSSR count). The summed E-state index contributed by atoms with van der Waals surface area (Å²) in [5, 5.41) is 6.80. The Morgan fingerprint density at radius 2 is 1.81 bits per heavy atom. The normalized spacial score (nSPS) is 12.5. The van der Waals surface area contributed by atoms with Crippen LogP contribution in [0.4, 0.5) is 18.9 Å². The van der Waals surface area contributed by atoms with Gasteiger partial charge < -0.3 is 20.3 Å². The van der Waals surface area contributed by atoms with E-state index in [4.69, 9.17) is 0 Å². The number of benzene rings is 1. The fourth-order valence-electron chi connectivity index (χ4n) is 2.22. The van der Waals surface area contributed by atoms with Crippen LogP contribution in [0.5, 0.6) is 5.75 Å². The van der Waals surface area contributed by atoms with Crippen molar-refractivity contribution in [1.82, 2.24) is 10.2 Å². The van der Waals surface area contributed by atoms with Crippen LogP contribution in [0.3, 0.4) is 0 Å². The van der Waals surface area contributed by atoms with Gasteiger partial charge in [-0.15, -0.1) is 24.5 Å². The Bertz CT molecular complexity index is 762. The molecule has 0 radical (unpaired) electrons. The van der Waals surface area contributed by atoms with Gasteiger partial charge in [-0.1, -0.05) is 6.07 Å². The van der Waals surface area contributed by atoms with Gasteiger partial charge >= 0.3 is 18.2 Å². The van der Waals surface area contributed by atoms with E-state index >= 15 is 0 Å². The molecule has 0 unspecified atom stereocenters. The van der Waals surface area contributed by atoms with Crippen LogP contribution in [-0.2, 0) is 9.59 Å². The summed E-state index contributed by atoms with van der Waals surface area (Å²) in [5.74, 6) is -2.17. The summed E-state index contributed by atoms with van der Waals surface area (Å²) in [7, 11) is 3.72. The molecule has 0 fully saturated rings. The SMILES string of the molecule is CN(C)[C@H](CNC(=O)C(=O)Nc1ccc(OC(F)(F)F)cc1)c1cccs1. The molecular weight excluding hydrogens is 383 g/mol. The largest absolute Gasteiger partial charge is 0.573 e. The molecule has 1 aromatic carbocycles. The summed E-state index contributed by atoms with van der Waals surface area (Å²) >= 11 is 1.54. The Morgan fingerprint density at radius 1 is 1.15 bits per heavy atom. The first-order chi connectivity index (χ1) is 12.7. The smallest absolute Gasteiger partial charge is 0.406 e. The van der Waals surface area contributed by atoms with Gasteiger partial charge in [-0.25, -0.2) is 0 Å². The first-order valence-electron chi connectivity index (χ1n) is 7.80. The van der Waals surface area contributed by atoms with E-state index in [9.17, 15) is 22.8 Å². The second-order valence-corrected chi connectivity index (χ2v) is 6.71. The third-order valence-electron chi connectivity index (χ3n) is 3.50. The van der Waals surface area contributed by atoms with E-state index < -0.39 is 23.9 Å². The molecule has 1 aromatic heterocycles. The second kappa shape index (κ2) is 8.87. The molecule has 0 aliphatic rings. The van der Waals surface area contributed by atoms with Gasteiger partial charge in [0, 0.05) is 17.1 Å². The summed E-state index contributed by atoms with van der Waals surface area (Å²) in [6.07, 6.45) is -4.80. The van der Waals surface area contributed by atoms with Gasteiger partial charge in [0.15, 0.2) is 0 Å². The van der Waals surface area contributed by atoms with Crippen molar-refractivity contribution in [1.29, 1.82) is 0 Å². The average Bonchev–Trinajstić information content (AvgIpc) is 3.09. The van der Waals surface area contributed by atoms with Crippen molar-refractivity contribution in [2.45, 2.75) is 12.4 Å². The van der Waals surface area contributed by atoms with Gasteiger partial charge in [0.2, 0.25) is 0 Å². The quantitative estimate of drug-likeness (QED) is 0.730. The predicted octanol–water partition coefficient (Wildman–Crippen LogP) is 3.00. The van der Waals surface area contributed by atoms with Crippen LogP contribution in [0, 0.1) is 0 Å². The van der Waals surface area contributed by atoms with Crippen molar-refractivity contribution >= 4 is 28.8 Å². The number of thiophene rings is 1. The van der Waals surface area contributed by atoms with E-state index in [0.717, 1.165) is 17.0 Å². The van der Waals surface area contributed by atoms with Crippen molar-refractivity contribution in [2.24, 2.45) is 0 Å². The van der Waals surface area contributed by atoms with E-state index in [-0.39, 0.29) is 18.3 Å². The van der Waals surface area contributed by atoms with Gasteiger partial charge in [0.25, 0.3) is 0 Å². The minimum atomic E-state index is -4.80. The maximum Gasteiger partial charge on any atom is 0.573 e. The lowest BCUT2D eigenvalue weighted by Gasteiger charge is -2.23. The monoisotopic (exact) mass is 401 g/mol. The molecule has 0 spiro atoms. The number of carbonyl (C=O) groups excluding carboxylic acids is 2. The van der Waals surface area contributed by atoms with E-state index in [0.29, 0.717) is 0 Å². The topological polar surface area (TPSA) is 70.7 Å². The minimum Gasteiger partial charge on any atom is -0.406 e. The number of rotatable bonds is 6. The Labute approximate surface area is 157 Å². The van der Waals surface area contributed by atoms with E-state index in [1.54, 1.807) is 11.3 Å². The summed E-state index contributed by atoms with van der Waals surface area (Å²) in [6, 6.07) is 8.25. The molecule has 0 aliphatic carbocycles. The highest BCUT2D eigenvalue weighted by Crippen LogP contribution is 2.24. The molecule has 2 aromatic rings. The van der Waals surface area contributed by atoms with Gasteiger partial charge in [-0.05, 0) is 49.8 Å². The summed E-state index contributed by atoms with van der Waals surface area (Å²) < 4.78 is 40.1. The first-order valence-corrected chi connectivity index (χ1v) is 8.68. The maximum absolute atomic E-state index is 12.1. The van der Waals surface area contributed by atoms with Crippen molar-refractivity contribution < 1.29 is 27.5 Å². The molecule has 1 heterocycles. The number of alkyl halides is 3. The molecular formula is C17H18F3N3O3S. The average molecular weight is 401 g/mol. The number of hydrogen-bond acceptors (Lipinski definition) is 5. The molecule has 10 heteroatoms. The summed E-state index contributed by atoms with van der Waals surface area (Å²) in [5.41, 5.74) is 0.173. The van der Waals surface area contributed by atoms with Crippen LogP contribution in [0.15, 0.2) is 41.8 Å². The number of likely N-dealkylation sites (N-methyl/N-ethyl adjacent to an activating group) is 1. The Balaban J connectivity index is 1.89. The van der Waals surface area contributed by atoms with Crippen molar-refractivity contribution in [3.8, 4) is 5.75 Å². The van der Waals surface area contributed by atoms with E-state index in [1.165, 1.54) is 12.1 Å². The number of nitrogens with zero attached hydrogens (tertiary/aromatic N) is 1. The molecule has 27 heavy (non-hydrogen) atoms. The zero-order valence-electron chi connectivity index (χ0n) is 14.5. The molecule has 6 nitrogen and oxygen atoms in total. The minimum absolute atomic E-state index is 0.0828. The van der Waals surface area contributed by atoms with Crippen molar-refractivity contribution in [3.63, 3.8) is 0 Å². The molecule has 0 saturated heterocycles. The fraction of sp³-hybridized carbons (Fsp3) is 0.294. The van der Waals surface area contributed by atoms with Crippen molar-refractivity contribution in [3.05, 3.63) is 46.7 Å². The van der Waals surface area contributed by atoms with Crippen LogP contribution in [0.1, 0.15) is 10.9 Å². The zero-order chi connectivity index (χ0) is 20.0. The van der Waals surface area contributed by atoms with Gasteiger partial charge in [0.1, 0.15) is 5.75 Å². The highest BCUT2D eigenvalue weighted by Gasteiger charge is 2.31. The van der Waals surface area contributed by atoms with Crippen LogP contribution >= 0.6 is 11.3 Å². The molecule has 2 amide bonds. The second-order valence-electron chi connectivity index (χ2n) is 5.73. The number of halogens is 3. The molecule has 2 N–H and O–H groups in total. The standard InChI is InChI=1S/C17H18F3N3O3S/c1-23(2)13(14-4-3-9-27-14)10-21-15(24)16(25)22-11-5-7-12(8-6-11)26-17(18,19)20/h3-9,13H,10H2,1-2H3,(H,21,24)(H,22,25)/t13-/m1/s1. The van der Waals surface area contributed by atoms with E-state index in [2.05, 4.69) is 15.4 Å². The highest BCUT2D eigenvalue weighted by molar-refractivity contribution is 7.10. The molecule has 1 atom stereocenters. The molecule has 146 valence electrons. The number of carbonyl (C=O) groups is 2. The fourth-order valence-corrected chi connectivity index (χ4v) is 3.14. The van der Waals surface area contributed by atoms with Crippen LogP contribution < -0.4 is 15.4 Å². The zero-order valence-corrected chi connectivity index (χ0v) is 15.4. The predicted molar refractivity (Wildman–Crippen MR) is 95.5 cm³/mol. The molecule has 0 aliphatic heterocycles. The maximum atomic E-state index is 12.1. The van der Waals surface area contributed by atoms with Crippen LogP contribution in [-0.4, -0.2) is 43.7 Å². The lowest BCUT2D eigenvalue weighted by Crippen LogP contribution is -2.40. The molecule has 0 saturated carbocycles. The van der Waals surface area contributed by atoms with Crippen molar-refractivity contribution in [2.75, 3.05) is 26.0 Å². The number of hydrogen-bond donors (Lipinski definition) is 2. The van der Waals surface area contributed by atoms with Gasteiger partial charge in [0.05, 0.1) is 6.04 Å². The summed E-state index contributed by atoms with van der Waals surface area (Å²) in [4.78, 5) is 26.9. The number of nitrogens with one attached hydrogen (secondary N) is 2. The lowest BCUT2D eigenvalue weighted by molar-refractivity contribution is -0.274. The molecule has 0 bridgehead atoms. The number of amides is 2. The summed E-state index contributed by atoms with van der Waals surface area (Å²) in [6.45, 7) is 0.234. The van der Waals surface area contributed by atoms with Gasteiger partial charge in [-0.3, -0.25) is 9.59 Å². The highest BCUT2D eigenvalue weighted by atomic mass is 32.1. The van der Waals surface area contributed by atoms with Gasteiger partial charge in [-0.2, -0.15) is 0 Å². The number of ether oxygens (including phenoxy) is 1. The number of anilines is 1. The first kappa shape index (κ1) is 20.7. The third kappa shape index (κ3) is 6.57. The van der Waals surface area contributed by atoms with E-state index in [1.807, 2.05) is 36.5 Å². The Hall–Kier alpha value is -2.59.